The number of anilines is 2. The fourth-order valence-corrected chi connectivity index (χ4v) is 4.38. The third-order valence-corrected chi connectivity index (χ3v) is 6.10. The standard InChI is InChI=1S/C26H25N5O2/c1-16-10-11-18-19(7-3-9-22(18)31-15-5-6-17(2)25(31)32)23(16)33-24-20(8-4-13-28-24)21-12-14-29-26(27)30-21/h3-4,7-14,17H,5-6,15H2,1-2H3,(H2,27,29,30). The Morgan fingerprint density at radius 3 is 2.76 bits per heavy atom. The van der Waals surface area contributed by atoms with Crippen LogP contribution in [-0.4, -0.2) is 27.4 Å². The molecule has 0 radical (unpaired) electrons. The van der Waals surface area contributed by atoms with Crippen LogP contribution in [0, 0.1) is 12.8 Å². The number of amides is 1. The Morgan fingerprint density at radius 1 is 1.03 bits per heavy atom. The lowest BCUT2D eigenvalue weighted by atomic mass is 9.97. The molecule has 1 unspecified atom stereocenters. The van der Waals surface area contributed by atoms with E-state index in [0.29, 0.717) is 17.3 Å². The summed E-state index contributed by atoms with van der Waals surface area (Å²) < 4.78 is 6.42. The van der Waals surface area contributed by atoms with Crippen molar-refractivity contribution in [1.29, 1.82) is 0 Å². The Labute approximate surface area is 192 Å². The molecule has 0 spiro atoms. The molecule has 7 heteroatoms. The number of benzene rings is 2. The Kier molecular flexibility index (Phi) is 5.38. The summed E-state index contributed by atoms with van der Waals surface area (Å²) in [5, 5.41) is 1.90. The number of aromatic nitrogens is 3. The zero-order valence-corrected chi connectivity index (χ0v) is 18.7. The molecule has 7 nitrogen and oxygen atoms in total. The van der Waals surface area contributed by atoms with E-state index >= 15 is 0 Å². The average Bonchev–Trinajstić information content (AvgIpc) is 2.82. The molecule has 0 saturated carbocycles. The van der Waals surface area contributed by atoms with Crippen LogP contribution in [0.25, 0.3) is 22.0 Å². The van der Waals surface area contributed by atoms with E-state index in [1.54, 1.807) is 18.5 Å². The van der Waals surface area contributed by atoms with Gasteiger partial charge in [0, 0.05) is 35.6 Å². The van der Waals surface area contributed by atoms with Gasteiger partial charge in [-0.15, -0.1) is 0 Å². The summed E-state index contributed by atoms with van der Waals surface area (Å²) in [6.07, 6.45) is 5.23. The summed E-state index contributed by atoms with van der Waals surface area (Å²) in [4.78, 5) is 27.6. The number of nitrogens with two attached hydrogens (primary N) is 1. The first-order chi connectivity index (χ1) is 16.0. The van der Waals surface area contributed by atoms with Gasteiger partial charge in [-0.3, -0.25) is 4.79 Å². The Hall–Kier alpha value is -4.00. The van der Waals surface area contributed by atoms with Crippen molar-refractivity contribution in [2.45, 2.75) is 26.7 Å². The zero-order chi connectivity index (χ0) is 22.9. The van der Waals surface area contributed by atoms with Crippen molar-refractivity contribution >= 4 is 28.3 Å². The molecule has 2 aromatic carbocycles. The lowest BCUT2D eigenvalue weighted by Gasteiger charge is -2.31. The normalized spacial score (nSPS) is 16.2. The summed E-state index contributed by atoms with van der Waals surface area (Å²) in [5.74, 6) is 1.53. The molecular weight excluding hydrogens is 414 g/mol. The van der Waals surface area contributed by atoms with Crippen molar-refractivity contribution in [1.82, 2.24) is 15.0 Å². The number of piperidine rings is 1. The van der Waals surface area contributed by atoms with Crippen LogP contribution in [0.15, 0.2) is 60.9 Å². The van der Waals surface area contributed by atoms with Crippen LogP contribution in [0.1, 0.15) is 25.3 Å². The second-order valence-electron chi connectivity index (χ2n) is 8.38. The third kappa shape index (κ3) is 3.86. The van der Waals surface area contributed by atoms with Crippen molar-refractivity contribution in [3.05, 3.63) is 66.5 Å². The first kappa shape index (κ1) is 20.9. The highest BCUT2D eigenvalue weighted by molar-refractivity contribution is 6.06. The lowest BCUT2D eigenvalue weighted by Crippen LogP contribution is -2.40. The Balaban J connectivity index is 1.61. The summed E-state index contributed by atoms with van der Waals surface area (Å²) in [7, 11) is 0. The summed E-state index contributed by atoms with van der Waals surface area (Å²) in [6, 6.07) is 15.6. The summed E-state index contributed by atoms with van der Waals surface area (Å²) >= 11 is 0. The van der Waals surface area contributed by atoms with Crippen LogP contribution >= 0.6 is 0 Å². The molecule has 33 heavy (non-hydrogen) atoms. The minimum Gasteiger partial charge on any atom is -0.437 e. The molecule has 4 aromatic rings. The van der Waals surface area contributed by atoms with Crippen molar-refractivity contribution in [2.75, 3.05) is 17.2 Å². The fourth-order valence-electron chi connectivity index (χ4n) is 4.38. The molecule has 1 atom stereocenters. The predicted octanol–water partition coefficient (Wildman–Crippen LogP) is 5.14. The molecule has 3 heterocycles. The van der Waals surface area contributed by atoms with E-state index < -0.39 is 0 Å². The predicted molar refractivity (Wildman–Crippen MR) is 129 cm³/mol. The number of aryl methyl sites for hydroxylation is 1. The van der Waals surface area contributed by atoms with Gasteiger partial charge in [0.25, 0.3) is 0 Å². The smallest absolute Gasteiger partial charge is 0.229 e. The Morgan fingerprint density at radius 2 is 1.91 bits per heavy atom. The second-order valence-corrected chi connectivity index (χ2v) is 8.38. The minimum atomic E-state index is 0.0338. The molecule has 1 aliphatic rings. The quantitative estimate of drug-likeness (QED) is 0.473. The maximum Gasteiger partial charge on any atom is 0.229 e. The van der Waals surface area contributed by atoms with Gasteiger partial charge in [-0.25, -0.2) is 15.0 Å². The second kappa shape index (κ2) is 8.50. The van der Waals surface area contributed by atoms with Gasteiger partial charge in [0.2, 0.25) is 17.7 Å². The maximum absolute atomic E-state index is 12.9. The van der Waals surface area contributed by atoms with E-state index in [1.807, 2.05) is 55.1 Å². The number of nitrogen functional groups attached to an aromatic ring is 1. The molecule has 2 N–H and O–H groups in total. The van der Waals surface area contributed by atoms with Gasteiger partial charge in [0.15, 0.2) is 0 Å². The van der Waals surface area contributed by atoms with E-state index in [9.17, 15) is 4.79 Å². The molecule has 1 saturated heterocycles. The number of rotatable bonds is 4. The molecule has 1 fully saturated rings. The van der Waals surface area contributed by atoms with E-state index in [0.717, 1.165) is 47.0 Å². The number of carbonyl (C=O) groups excluding carboxylic acids is 1. The van der Waals surface area contributed by atoms with Crippen molar-refractivity contribution in [3.63, 3.8) is 0 Å². The summed E-state index contributed by atoms with van der Waals surface area (Å²) in [6.45, 7) is 4.73. The molecule has 0 bridgehead atoms. The molecule has 2 aromatic heterocycles. The topological polar surface area (TPSA) is 94.2 Å². The number of ether oxygens (including phenoxy) is 1. The molecule has 1 aliphatic heterocycles. The first-order valence-electron chi connectivity index (χ1n) is 11.1. The number of nitrogens with zero attached hydrogens (tertiary/aromatic N) is 4. The highest BCUT2D eigenvalue weighted by Gasteiger charge is 2.27. The van der Waals surface area contributed by atoms with Gasteiger partial charge in [0.05, 0.1) is 16.9 Å². The fraction of sp³-hybridized carbons (Fsp3) is 0.231. The molecule has 1 amide bonds. The van der Waals surface area contributed by atoms with E-state index in [2.05, 4.69) is 21.0 Å². The number of carbonyl (C=O) groups is 1. The van der Waals surface area contributed by atoms with Crippen LogP contribution in [0.5, 0.6) is 11.6 Å². The van der Waals surface area contributed by atoms with Gasteiger partial charge in [-0.05, 0) is 49.6 Å². The minimum absolute atomic E-state index is 0.0338. The van der Waals surface area contributed by atoms with Crippen LogP contribution < -0.4 is 15.4 Å². The van der Waals surface area contributed by atoms with E-state index in [-0.39, 0.29) is 17.8 Å². The van der Waals surface area contributed by atoms with Crippen LogP contribution in [-0.2, 0) is 4.79 Å². The number of fused-ring (bicyclic) bond motifs is 1. The monoisotopic (exact) mass is 439 g/mol. The van der Waals surface area contributed by atoms with E-state index in [4.69, 9.17) is 10.5 Å². The van der Waals surface area contributed by atoms with Gasteiger partial charge < -0.3 is 15.4 Å². The number of hydrogen-bond acceptors (Lipinski definition) is 6. The maximum atomic E-state index is 12.9. The van der Waals surface area contributed by atoms with Gasteiger partial charge in [0.1, 0.15) is 5.75 Å². The lowest BCUT2D eigenvalue weighted by molar-refractivity contribution is -0.123. The van der Waals surface area contributed by atoms with Gasteiger partial charge in [-0.1, -0.05) is 31.2 Å². The zero-order valence-electron chi connectivity index (χ0n) is 18.7. The van der Waals surface area contributed by atoms with Crippen molar-refractivity contribution < 1.29 is 9.53 Å². The largest absolute Gasteiger partial charge is 0.437 e. The molecular formula is C26H25N5O2. The highest BCUT2D eigenvalue weighted by atomic mass is 16.5. The van der Waals surface area contributed by atoms with Gasteiger partial charge in [-0.2, -0.15) is 0 Å². The molecule has 166 valence electrons. The highest BCUT2D eigenvalue weighted by Crippen LogP contribution is 2.40. The van der Waals surface area contributed by atoms with Gasteiger partial charge >= 0.3 is 0 Å². The van der Waals surface area contributed by atoms with Crippen LogP contribution in [0.3, 0.4) is 0 Å². The third-order valence-electron chi connectivity index (χ3n) is 6.10. The average molecular weight is 440 g/mol. The van der Waals surface area contributed by atoms with Crippen LogP contribution in [0.4, 0.5) is 11.6 Å². The van der Waals surface area contributed by atoms with Crippen molar-refractivity contribution in [3.8, 4) is 22.9 Å². The van der Waals surface area contributed by atoms with E-state index in [1.165, 1.54) is 0 Å². The Bertz CT molecular complexity index is 1350. The SMILES string of the molecule is Cc1ccc2c(N3CCCC(C)C3=O)cccc2c1Oc1ncccc1-c1ccnc(N)n1. The first-order valence-corrected chi connectivity index (χ1v) is 11.1. The molecule has 0 aliphatic carbocycles. The molecule has 5 rings (SSSR count). The van der Waals surface area contributed by atoms with Crippen molar-refractivity contribution in [2.24, 2.45) is 5.92 Å². The summed E-state index contributed by atoms with van der Waals surface area (Å²) in [5.41, 5.74) is 9.03. The number of hydrogen-bond donors (Lipinski definition) is 1. The number of pyridine rings is 1. The van der Waals surface area contributed by atoms with Crippen LogP contribution in [0.2, 0.25) is 0 Å².